The Bertz CT molecular complexity index is 977. The van der Waals surface area contributed by atoms with Crippen molar-refractivity contribution >= 4 is 23.1 Å². The topological polar surface area (TPSA) is 70.1 Å². The van der Waals surface area contributed by atoms with Gasteiger partial charge in [-0.3, -0.25) is 14.5 Å². The molecule has 1 atom stereocenters. The van der Waals surface area contributed by atoms with E-state index in [2.05, 4.69) is 0 Å². The van der Waals surface area contributed by atoms with Crippen molar-refractivity contribution < 1.29 is 19.4 Å². The third-order valence-corrected chi connectivity index (χ3v) is 5.13. The summed E-state index contributed by atoms with van der Waals surface area (Å²) in [6.45, 7) is 5.91. The highest BCUT2D eigenvalue weighted by atomic mass is 16.5. The zero-order chi connectivity index (χ0) is 22.0. The number of carbonyl (C=O) groups excluding carboxylic acids is 2. The fourth-order valence-corrected chi connectivity index (χ4v) is 3.60. The van der Waals surface area contributed by atoms with Gasteiger partial charge < -0.3 is 14.7 Å². The molecule has 0 saturated heterocycles. The van der Waals surface area contributed by atoms with E-state index in [4.69, 9.17) is 4.74 Å². The maximum atomic E-state index is 13.1. The van der Waals surface area contributed by atoms with Gasteiger partial charge in [-0.1, -0.05) is 26.0 Å². The molecule has 158 valence electrons. The van der Waals surface area contributed by atoms with E-state index >= 15 is 0 Å². The fraction of sp³-hybridized carbons (Fsp3) is 0.333. The molecule has 1 heterocycles. The molecule has 6 nitrogen and oxygen atoms in total. The average Bonchev–Trinajstić information content (AvgIpc) is 2.99. The maximum absolute atomic E-state index is 13.1. The summed E-state index contributed by atoms with van der Waals surface area (Å²) in [5.74, 6) is -1.03. The highest BCUT2D eigenvalue weighted by Gasteiger charge is 2.44. The van der Waals surface area contributed by atoms with Gasteiger partial charge in [0.2, 0.25) is 0 Å². The lowest BCUT2D eigenvalue weighted by Crippen LogP contribution is -2.31. The summed E-state index contributed by atoms with van der Waals surface area (Å²) in [6.07, 6.45) is 0. The van der Waals surface area contributed by atoms with Crippen LogP contribution in [0.15, 0.2) is 59.9 Å². The molecule has 1 unspecified atom stereocenters. The van der Waals surface area contributed by atoms with Crippen LogP contribution in [0, 0.1) is 5.92 Å². The van der Waals surface area contributed by atoms with E-state index in [0.717, 1.165) is 5.69 Å². The van der Waals surface area contributed by atoms with Crippen LogP contribution in [0.5, 0.6) is 5.75 Å². The number of hydrogen-bond acceptors (Lipinski definition) is 5. The molecule has 30 heavy (non-hydrogen) atoms. The van der Waals surface area contributed by atoms with Crippen LogP contribution in [-0.4, -0.2) is 37.5 Å². The standard InChI is InChI=1S/C24H28N2O4/c1-6-30-19-9-7-8-16(14-19)21-20(22(27)15(2)3)23(28)24(29)26(21)18-12-10-17(11-13-18)25(4)5/h7-15,21,28H,6H2,1-5H3. The maximum Gasteiger partial charge on any atom is 0.294 e. The Kier molecular flexibility index (Phi) is 6.15. The second-order valence-corrected chi connectivity index (χ2v) is 7.78. The average molecular weight is 408 g/mol. The molecule has 3 rings (SSSR count). The molecule has 1 aliphatic heterocycles. The number of ketones is 1. The highest BCUT2D eigenvalue weighted by Crippen LogP contribution is 2.42. The van der Waals surface area contributed by atoms with Gasteiger partial charge >= 0.3 is 0 Å². The number of Topliss-reactive ketones (excluding diaryl/α,β-unsaturated/α-hetero) is 1. The van der Waals surface area contributed by atoms with Crippen molar-refractivity contribution in [2.75, 3.05) is 30.5 Å². The molecular weight excluding hydrogens is 380 g/mol. The number of aliphatic hydroxyl groups excluding tert-OH is 1. The summed E-state index contributed by atoms with van der Waals surface area (Å²) >= 11 is 0. The number of nitrogens with zero attached hydrogens (tertiary/aromatic N) is 2. The van der Waals surface area contributed by atoms with Gasteiger partial charge in [0.1, 0.15) is 5.75 Å². The monoisotopic (exact) mass is 408 g/mol. The molecule has 0 spiro atoms. The van der Waals surface area contributed by atoms with Gasteiger partial charge in [0.05, 0.1) is 18.2 Å². The number of aliphatic hydroxyl groups is 1. The first-order chi connectivity index (χ1) is 14.3. The van der Waals surface area contributed by atoms with Crippen molar-refractivity contribution in [2.24, 2.45) is 5.92 Å². The lowest BCUT2D eigenvalue weighted by atomic mass is 9.91. The summed E-state index contributed by atoms with van der Waals surface area (Å²) in [5.41, 5.74) is 2.42. The summed E-state index contributed by atoms with van der Waals surface area (Å²) < 4.78 is 5.61. The molecule has 0 saturated carbocycles. The molecule has 6 heteroatoms. The minimum Gasteiger partial charge on any atom is -0.503 e. The van der Waals surface area contributed by atoms with Crippen LogP contribution in [0.3, 0.4) is 0 Å². The van der Waals surface area contributed by atoms with Crippen LogP contribution >= 0.6 is 0 Å². The van der Waals surface area contributed by atoms with Gasteiger partial charge in [0, 0.05) is 31.4 Å². The van der Waals surface area contributed by atoms with Gasteiger partial charge in [-0.2, -0.15) is 0 Å². The quantitative estimate of drug-likeness (QED) is 0.741. The number of ether oxygens (including phenoxy) is 1. The van der Waals surface area contributed by atoms with E-state index in [1.165, 1.54) is 4.90 Å². The van der Waals surface area contributed by atoms with Crippen LogP contribution in [0.2, 0.25) is 0 Å². The Morgan fingerprint density at radius 1 is 1.17 bits per heavy atom. The second-order valence-electron chi connectivity index (χ2n) is 7.78. The van der Waals surface area contributed by atoms with Gasteiger partial charge in [0.25, 0.3) is 5.91 Å². The molecule has 0 radical (unpaired) electrons. The Morgan fingerprint density at radius 3 is 2.40 bits per heavy atom. The molecule has 2 aromatic carbocycles. The fourth-order valence-electron chi connectivity index (χ4n) is 3.60. The Hall–Kier alpha value is -3.28. The number of hydrogen-bond donors (Lipinski definition) is 1. The van der Waals surface area contributed by atoms with E-state index in [-0.39, 0.29) is 17.3 Å². The number of amides is 1. The molecule has 1 aliphatic rings. The SMILES string of the molecule is CCOc1cccc(C2C(C(=O)C(C)C)=C(O)C(=O)N2c2ccc(N(C)C)cc2)c1. The third kappa shape index (κ3) is 3.90. The molecule has 0 aliphatic carbocycles. The first kappa shape index (κ1) is 21.4. The summed E-state index contributed by atoms with van der Waals surface area (Å²) in [5, 5.41) is 10.7. The van der Waals surface area contributed by atoms with Gasteiger partial charge in [-0.05, 0) is 48.9 Å². The zero-order valence-electron chi connectivity index (χ0n) is 18.0. The molecular formula is C24H28N2O4. The third-order valence-electron chi connectivity index (χ3n) is 5.13. The van der Waals surface area contributed by atoms with E-state index < -0.39 is 17.7 Å². The van der Waals surface area contributed by atoms with Crippen molar-refractivity contribution in [2.45, 2.75) is 26.8 Å². The summed E-state index contributed by atoms with van der Waals surface area (Å²) in [4.78, 5) is 29.5. The molecule has 0 bridgehead atoms. The van der Waals surface area contributed by atoms with Crippen molar-refractivity contribution in [3.05, 3.63) is 65.4 Å². The number of rotatable bonds is 7. The number of carbonyl (C=O) groups is 2. The lowest BCUT2D eigenvalue weighted by Gasteiger charge is -2.28. The summed E-state index contributed by atoms with van der Waals surface area (Å²) in [7, 11) is 3.87. The molecule has 1 N–H and O–H groups in total. The second kappa shape index (κ2) is 8.61. The molecule has 2 aromatic rings. The van der Waals surface area contributed by atoms with Gasteiger partial charge in [-0.15, -0.1) is 0 Å². The zero-order valence-corrected chi connectivity index (χ0v) is 18.0. The van der Waals surface area contributed by atoms with Crippen LogP contribution in [0.25, 0.3) is 0 Å². The predicted octanol–water partition coefficient (Wildman–Crippen LogP) is 4.28. The lowest BCUT2D eigenvalue weighted by molar-refractivity contribution is -0.119. The van der Waals surface area contributed by atoms with Gasteiger partial charge in [0.15, 0.2) is 11.5 Å². The normalized spacial score (nSPS) is 16.4. The minimum atomic E-state index is -0.724. The highest BCUT2D eigenvalue weighted by molar-refractivity contribution is 6.16. The number of benzene rings is 2. The van der Waals surface area contributed by atoms with Crippen LogP contribution in [-0.2, 0) is 9.59 Å². The van der Waals surface area contributed by atoms with E-state index in [1.54, 1.807) is 13.8 Å². The van der Waals surface area contributed by atoms with Crippen LogP contribution in [0.4, 0.5) is 11.4 Å². The Labute approximate surface area is 177 Å². The van der Waals surface area contributed by atoms with Crippen molar-refractivity contribution in [1.29, 1.82) is 0 Å². The van der Waals surface area contributed by atoms with Crippen LogP contribution in [0.1, 0.15) is 32.4 Å². The smallest absolute Gasteiger partial charge is 0.294 e. The van der Waals surface area contributed by atoms with E-state index in [0.29, 0.717) is 23.6 Å². The van der Waals surface area contributed by atoms with E-state index in [9.17, 15) is 14.7 Å². The summed E-state index contributed by atoms with van der Waals surface area (Å²) in [6, 6.07) is 14.0. The first-order valence-corrected chi connectivity index (χ1v) is 10.1. The first-order valence-electron chi connectivity index (χ1n) is 10.1. The number of anilines is 2. The van der Waals surface area contributed by atoms with Crippen molar-refractivity contribution in [3.63, 3.8) is 0 Å². The Balaban J connectivity index is 2.14. The van der Waals surface area contributed by atoms with E-state index in [1.807, 2.05) is 74.4 Å². The predicted molar refractivity (Wildman–Crippen MR) is 118 cm³/mol. The largest absolute Gasteiger partial charge is 0.503 e. The van der Waals surface area contributed by atoms with Crippen molar-refractivity contribution in [1.82, 2.24) is 0 Å². The molecule has 1 amide bonds. The molecule has 0 fully saturated rings. The van der Waals surface area contributed by atoms with Gasteiger partial charge in [-0.25, -0.2) is 0 Å². The van der Waals surface area contributed by atoms with Crippen LogP contribution < -0.4 is 14.5 Å². The molecule has 0 aromatic heterocycles. The Morgan fingerprint density at radius 2 is 1.83 bits per heavy atom. The minimum absolute atomic E-state index is 0.125. The van der Waals surface area contributed by atoms with Crippen molar-refractivity contribution in [3.8, 4) is 5.75 Å².